The second-order valence-corrected chi connectivity index (χ2v) is 7.77. The molecule has 1 aromatic rings. The molecule has 5 nitrogen and oxygen atoms in total. The van der Waals surface area contributed by atoms with Crippen LogP contribution in [0.2, 0.25) is 0 Å². The van der Waals surface area contributed by atoms with Gasteiger partial charge in [-0.1, -0.05) is 50.0 Å². The number of rotatable bonds is 10. The van der Waals surface area contributed by atoms with Gasteiger partial charge in [0.15, 0.2) is 0 Å². The monoisotopic (exact) mass is 371 g/mol. The molecule has 0 aromatic heterocycles. The van der Waals surface area contributed by atoms with Crippen LogP contribution in [0, 0.1) is 5.92 Å². The van der Waals surface area contributed by atoms with Gasteiger partial charge < -0.3 is 15.1 Å². The zero-order valence-electron chi connectivity index (χ0n) is 15.7. The van der Waals surface area contributed by atoms with Gasteiger partial charge in [-0.25, -0.2) is 4.79 Å². The Morgan fingerprint density at radius 1 is 1.22 bits per heavy atom. The number of aromatic carboxylic acids is 1. The van der Waals surface area contributed by atoms with Crippen LogP contribution in [0.15, 0.2) is 36.4 Å². The molecule has 1 aliphatic heterocycles. The predicted octanol–water partition coefficient (Wildman–Crippen LogP) is 3.42. The van der Waals surface area contributed by atoms with E-state index < -0.39 is 12.1 Å². The first-order chi connectivity index (χ1) is 13.0. The highest BCUT2D eigenvalue weighted by Gasteiger charge is 2.28. The van der Waals surface area contributed by atoms with Crippen LogP contribution in [0.5, 0.6) is 0 Å². The van der Waals surface area contributed by atoms with Gasteiger partial charge in [0.05, 0.1) is 17.7 Å². The number of likely N-dealkylation sites (tertiary alicyclic amines) is 1. The number of amides is 1. The van der Waals surface area contributed by atoms with Crippen LogP contribution in [0.25, 0.3) is 0 Å². The van der Waals surface area contributed by atoms with E-state index in [0.717, 1.165) is 30.7 Å². The van der Waals surface area contributed by atoms with Crippen molar-refractivity contribution in [1.82, 2.24) is 4.90 Å². The highest BCUT2D eigenvalue weighted by molar-refractivity contribution is 5.87. The molecule has 2 fully saturated rings. The molecule has 1 amide bonds. The summed E-state index contributed by atoms with van der Waals surface area (Å²) in [7, 11) is 0. The van der Waals surface area contributed by atoms with Gasteiger partial charge in [0.1, 0.15) is 0 Å². The van der Waals surface area contributed by atoms with Crippen LogP contribution in [0.4, 0.5) is 0 Å². The molecule has 1 heterocycles. The minimum atomic E-state index is -0.933. The molecule has 27 heavy (non-hydrogen) atoms. The maximum absolute atomic E-state index is 12.2. The summed E-state index contributed by atoms with van der Waals surface area (Å²) in [5.41, 5.74) is 1.29. The fourth-order valence-electron chi connectivity index (χ4n) is 3.68. The van der Waals surface area contributed by atoms with Crippen LogP contribution in [-0.4, -0.2) is 45.7 Å². The Balaban J connectivity index is 1.47. The molecule has 3 rings (SSSR count). The van der Waals surface area contributed by atoms with Gasteiger partial charge in [-0.3, -0.25) is 4.79 Å². The molecule has 2 unspecified atom stereocenters. The summed E-state index contributed by atoms with van der Waals surface area (Å²) in [6, 6.07) is 6.85. The molecule has 0 radical (unpaired) electrons. The van der Waals surface area contributed by atoms with Gasteiger partial charge in [-0.15, -0.1) is 0 Å². The predicted molar refractivity (Wildman–Crippen MR) is 104 cm³/mol. The van der Waals surface area contributed by atoms with Crippen molar-refractivity contribution in [2.24, 2.45) is 5.92 Å². The summed E-state index contributed by atoms with van der Waals surface area (Å²) in [5.74, 6) is 0.112. The quantitative estimate of drug-likeness (QED) is 0.618. The van der Waals surface area contributed by atoms with E-state index in [1.165, 1.54) is 19.3 Å². The Bertz CT molecular complexity index is 678. The normalized spacial score (nSPS) is 21.1. The number of aliphatic hydroxyl groups is 1. The lowest BCUT2D eigenvalue weighted by atomic mass is 10.1. The van der Waals surface area contributed by atoms with E-state index in [9.17, 15) is 14.7 Å². The Labute approximate surface area is 160 Å². The van der Waals surface area contributed by atoms with Crippen molar-refractivity contribution in [3.8, 4) is 0 Å². The number of hydrogen-bond acceptors (Lipinski definition) is 3. The minimum absolute atomic E-state index is 0.0499. The van der Waals surface area contributed by atoms with Gasteiger partial charge >= 0.3 is 5.97 Å². The second kappa shape index (κ2) is 9.18. The molecular formula is C22H29NO4. The topological polar surface area (TPSA) is 77.8 Å². The maximum atomic E-state index is 12.2. The van der Waals surface area contributed by atoms with E-state index >= 15 is 0 Å². The number of benzene rings is 1. The Morgan fingerprint density at radius 3 is 2.63 bits per heavy atom. The van der Waals surface area contributed by atoms with E-state index in [1.54, 1.807) is 24.3 Å². The summed E-state index contributed by atoms with van der Waals surface area (Å²) in [6.07, 6.45) is 11.2. The van der Waals surface area contributed by atoms with Gasteiger partial charge in [-0.2, -0.15) is 0 Å². The third-order valence-electron chi connectivity index (χ3n) is 5.58. The minimum Gasteiger partial charge on any atom is -0.478 e. The van der Waals surface area contributed by atoms with E-state index in [0.29, 0.717) is 19.4 Å². The molecule has 2 atom stereocenters. The summed E-state index contributed by atoms with van der Waals surface area (Å²) in [6.45, 7) is 0.609. The number of carboxylic acids is 1. The molecule has 146 valence electrons. The summed E-state index contributed by atoms with van der Waals surface area (Å²) >= 11 is 0. The van der Waals surface area contributed by atoms with Crippen molar-refractivity contribution in [3.63, 3.8) is 0 Å². The molecule has 0 bridgehead atoms. The lowest BCUT2D eigenvalue weighted by Crippen LogP contribution is -2.33. The zero-order valence-corrected chi connectivity index (χ0v) is 15.7. The lowest BCUT2D eigenvalue weighted by Gasteiger charge is -2.23. The SMILES string of the molecule is O=C(O)c1ccc(CCN2C(=O)CCC2C=CC(O)CCCC2CC2)cc1. The fraction of sp³-hybridized carbons (Fsp3) is 0.545. The van der Waals surface area contributed by atoms with Crippen molar-refractivity contribution >= 4 is 11.9 Å². The lowest BCUT2D eigenvalue weighted by molar-refractivity contribution is -0.128. The number of hydrogen-bond donors (Lipinski definition) is 2. The first-order valence-electron chi connectivity index (χ1n) is 10.0. The van der Waals surface area contributed by atoms with Gasteiger partial charge in [0.25, 0.3) is 0 Å². The molecule has 0 spiro atoms. The third-order valence-corrected chi connectivity index (χ3v) is 5.58. The van der Waals surface area contributed by atoms with E-state index in [4.69, 9.17) is 5.11 Å². The Hall–Kier alpha value is -2.14. The molecule has 1 aliphatic carbocycles. The molecule has 2 aliphatic rings. The van der Waals surface area contributed by atoms with E-state index in [-0.39, 0.29) is 17.5 Å². The molecule has 1 saturated carbocycles. The highest BCUT2D eigenvalue weighted by atomic mass is 16.4. The standard InChI is InChI=1S/C22H29NO4/c24-20(3-1-2-16-4-5-16)12-10-19-11-13-21(25)23(19)15-14-17-6-8-18(9-7-17)22(26)27/h6-10,12,16,19-20,24H,1-5,11,13-15H2,(H,26,27). The number of nitrogens with zero attached hydrogens (tertiary/aromatic N) is 1. The van der Waals surface area contributed by atoms with Gasteiger partial charge in [0.2, 0.25) is 5.91 Å². The molecule has 5 heteroatoms. The van der Waals surface area contributed by atoms with Crippen LogP contribution in [-0.2, 0) is 11.2 Å². The van der Waals surface area contributed by atoms with Gasteiger partial charge in [-0.05, 0) is 42.9 Å². The van der Waals surface area contributed by atoms with Crippen molar-refractivity contribution in [3.05, 3.63) is 47.5 Å². The van der Waals surface area contributed by atoms with Crippen molar-refractivity contribution in [2.45, 2.75) is 63.5 Å². The van der Waals surface area contributed by atoms with Crippen LogP contribution < -0.4 is 0 Å². The maximum Gasteiger partial charge on any atom is 0.335 e. The van der Waals surface area contributed by atoms with E-state index in [1.807, 2.05) is 17.1 Å². The van der Waals surface area contributed by atoms with Crippen molar-refractivity contribution < 1.29 is 19.8 Å². The van der Waals surface area contributed by atoms with Crippen LogP contribution in [0.1, 0.15) is 60.9 Å². The second-order valence-electron chi connectivity index (χ2n) is 7.77. The molecule has 2 N–H and O–H groups in total. The molecule has 1 saturated heterocycles. The summed E-state index contributed by atoms with van der Waals surface area (Å²) in [5, 5.41) is 19.1. The first-order valence-corrected chi connectivity index (χ1v) is 10.0. The van der Waals surface area contributed by atoms with Crippen molar-refractivity contribution in [1.29, 1.82) is 0 Å². The summed E-state index contributed by atoms with van der Waals surface area (Å²) in [4.78, 5) is 25.0. The molecule has 1 aromatic carbocycles. The number of aliphatic hydroxyl groups excluding tert-OH is 1. The Morgan fingerprint density at radius 2 is 1.96 bits per heavy atom. The fourth-order valence-corrected chi connectivity index (χ4v) is 3.68. The highest BCUT2D eigenvalue weighted by Crippen LogP contribution is 2.34. The summed E-state index contributed by atoms with van der Waals surface area (Å²) < 4.78 is 0. The Kier molecular flexibility index (Phi) is 6.67. The number of carbonyl (C=O) groups excluding carboxylic acids is 1. The average Bonchev–Trinajstić information content (AvgIpc) is 3.41. The number of carbonyl (C=O) groups is 2. The van der Waals surface area contributed by atoms with Crippen LogP contribution in [0.3, 0.4) is 0 Å². The largest absolute Gasteiger partial charge is 0.478 e. The van der Waals surface area contributed by atoms with Gasteiger partial charge in [0, 0.05) is 13.0 Å². The van der Waals surface area contributed by atoms with E-state index in [2.05, 4.69) is 0 Å². The van der Waals surface area contributed by atoms with Crippen LogP contribution >= 0.6 is 0 Å². The average molecular weight is 371 g/mol. The first kappa shape index (κ1) is 19.6. The smallest absolute Gasteiger partial charge is 0.335 e. The third kappa shape index (κ3) is 5.93. The van der Waals surface area contributed by atoms with Crippen molar-refractivity contribution in [2.75, 3.05) is 6.54 Å². The number of carboxylic acid groups (broad SMARTS) is 1. The zero-order chi connectivity index (χ0) is 19.2. The molecular weight excluding hydrogens is 342 g/mol.